The normalized spacial score (nSPS) is 12.9. The van der Waals surface area contributed by atoms with Crippen LogP contribution in [-0.2, 0) is 6.42 Å². The predicted octanol–water partition coefficient (Wildman–Crippen LogP) is 2.02. The fourth-order valence-corrected chi connectivity index (χ4v) is 1.56. The van der Waals surface area contributed by atoms with E-state index in [9.17, 15) is 5.11 Å². The summed E-state index contributed by atoms with van der Waals surface area (Å²) in [5, 5.41) is 13.1. The molecule has 0 aliphatic rings. The van der Waals surface area contributed by atoms with Crippen LogP contribution in [0.3, 0.4) is 0 Å². The maximum atomic E-state index is 9.19. The first-order chi connectivity index (χ1) is 8.56. The Bertz CT molecular complexity index is 505. The Morgan fingerprint density at radius 1 is 1.28 bits per heavy atom. The number of hydrogen-bond donors (Lipinski definition) is 2. The minimum Gasteiger partial charge on any atom is -0.508 e. The van der Waals surface area contributed by atoms with Crippen LogP contribution < -0.4 is 5.73 Å². The quantitative estimate of drug-likeness (QED) is 0.863. The number of rotatable bonds is 4. The van der Waals surface area contributed by atoms with E-state index in [1.165, 1.54) is 0 Å². The van der Waals surface area contributed by atoms with E-state index in [2.05, 4.69) is 10.1 Å². The Balaban J connectivity index is 2.09. The van der Waals surface area contributed by atoms with Gasteiger partial charge in [0.05, 0.1) is 6.04 Å². The number of phenols is 1. The summed E-state index contributed by atoms with van der Waals surface area (Å²) in [6.07, 6.45) is 0.564. The molecule has 1 atom stereocenters. The van der Waals surface area contributed by atoms with Gasteiger partial charge in [-0.15, -0.1) is 0 Å². The van der Waals surface area contributed by atoms with Crippen molar-refractivity contribution in [3.05, 3.63) is 41.5 Å². The second kappa shape index (κ2) is 5.18. The molecule has 2 aromatic rings. The van der Waals surface area contributed by atoms with E-state index >= 15 is 0 Å². The van der Waals surface area contributed by atoms with Crippen LogP contribution in [0.4, 0.5) is 0 Å². The summed E-state index contributed by atoms with van der Waals surface area (Å²) in [7, 11) is 0. The molecule has 0 saturated heterocycles. The minimum absolute atomic E-state index is 0.230. The number of hydrogen-bond acceptors (Lipinski definition) is 5. The maximum absolute atomic E-state index is 9.19. The lowest BCUT2D eigenvalue weighted by atomic mass is 10.1. The molecule has 0 unspecified atom stereocenters. The van der Waals surface area contributed by atoms with Crippen molar-refractivity contribution in [2.75, 3.05) is 0 Å². The average molecular weight is 247 g/mol. The highest BCUT2D eigenvalue weighted by Crippen LogP contribution is 2.18. The van der Waals surface area contributed by atoms with E-state index in [0.29, 0.717) is 18.1 Å². The number of aromatic nitrogens is 2. The van der Waals surface area contributed by atoms with Gasteiger partial charge in [0.15, 0.2) is 5.82 Å². The third-order valence-corrected chi connectivity index (χ3v) is 2.79. The molecule has 5 nitrogen and oxygen atoms in total. The molecular formula is C13H17N3O2. The summed E-state index contributed by atoms with van der Waals surface area (Å²) < 4.78 is 5.15. The standard InChI is InChI=1S/C13H17N3O2/c1-8(2)12(14)13-15-11(16-18-13)7-9-3-5-10(17)6-4-9/h3-6,8,12,17H,7,14H2,1-2H3/t12-/m1/s1. The van der Waals surface area contributed by atoms with Crippen LogP contribution in [0.1, 0.15) is 37.2 Å². The molecule has 2 rings (SSSR count). The van der Waals surface area contributed by atoms with Gasteiger partial charge in [0.2, 0.25) is 5.89 Å². The van der Waals surface area contributed by atoms with Crippen molar-refractivity contribution in [3.8, 4) is 5.75 Å². The van der Waals surface area contributed by atoms with E-state index < -0.39 is 0 Å². The van der Waals surface area contributed by atoms with Crippen molar-refractivity contribution < 1.29 is 9.63 Å². The first-order valence-corrected chi connectivity index (χ1v) is 5.92. The monoisotopic (exact) mass is 247 g/mol. The molecule has 0 saturated carbocycles. The van der Waals surface area contributed by atoms with Gasteiger partial charge in [-0.3, -0.25) is 0 Å². The zero-order valence-electron chi connectivity index (χ0n) is 10.5. The van der Waals surface area contributed by atoms with Crippen LogP contribution in [0.15, 0.2) is 28.8 Å². The predicted molar refractivity (Wildman–Crippen MR) is 67.0 cm³/mol. The molecule has 5 heteroatoms. The van der Waals surface area contributed by atoms with Crippen LogP contribution in [0, 0.1) is 5.92 Å². The van der Waals surface area contributed by atoms with Crippen LogP contribution >= 0.6 is 0 Å². The summed E-state index contributed by atoms with van der Waals surface area (Å²) in [5.41, 5.74) is 6.95. The largest absolute Gasteiger partial charge is 0.508 e. The third kappa shape index (κ3) is 2.87. The maximum Gasteiger partial charge on any atom is 0.243 e. The van der Waals surface area contributed by atoms with Crippen LogP contribution in [0.5, 0.6) is 5.75 Å². The lowest BCUT2D eigenvalue weighted by Gasteiger charge is -2.09. The van der Waals surface area contributed by atoms with E-state index in [0.717, 1.165) is 5.56 Å². The summed E-state index contributed by atoms with van der Waals surface area (Å²) in [6.45, 7) is 4.02. The average Bonchev–Trinajstić information content (AvgIpc) is 2.79. The van der Waals surface area contributed by atoms with Crippen molar-refractivity contribution in [1.29, 1.82) is 0 Å². The Morgan fingerprint density at radius 3 is 2.56 bits per heavy atom. The van der Waals surface area contributed by atoms with Crippen molar-refractivity contribution in [2.24, 2.45) is 11.7 Å². The highest BCUT2D eigenvalue weighted by Gasteiger charge is 2.17. The van der Waals surface area contributed by atoms with Crippen LogP contribution in [-0.4, -0.2) is 15.2 Å². The lowest BCUT2D eigenvalue weighted by molar-refractivity contribution is 0.322. The molecule has 0 bridgehead atoms. The van der Waals surface area contributed by atoms with Crippen molar-refractivity contribution in [1.82, 2.24) is 10.1 Å². The Labute approximate surface area is 106 Å². The first-order valence-electron chi connectivity index (χ1n) is 5.92. The zero-order valence-corrected chi connectivity index (χ0v) is 10.5. The summed E-state index contributed by atoms with van der Waals surface area (Å²) >= 11 is 0. The zero-order chi connectivity index (χ0) is 13.1. The van der Waals surface area contributed by atoms with Gasteiger partial charge in [-0.05, 0) is 23.6 Å². The molecular weight excluding hydrogens is 230 g/mol. The number of aromatic hydroxyl groups is 1. The Kier molecular flexibility index (Phi) is 3.62. The molecule has 0 radical (unpaired) electrons. The SMILES string of the molecule is CC(C)[C@@H](N)c1nc(Cc2ccc(O)cc2)no1. The van der Waals surface area contributed by atoms with Crippen LogP contribution in [0.2, 0.25) is 0 Å². The van der Waals surface area contributed by atoms with E-state index in [-0.39, 0.29) is 17.7 Å². The van der Waals surface area contributed by atoms with Crippen molar-refractivity contribution in [3.63, 3.8) is 0 Å². The van der Waals surface area contributed by atoms with E-state index in [1.807, 2.05) is 26.0 Å². The molecule has 18 heavy (non-hydrogen) atoms. The number of nitrogens with two attached hydrogens (primary N) is 1. The lowest BCUT2D eigenvalue weighted by Crippen LogP contribution is -2.17. The van der Waals surface area contributed by atoms with Crippen LogP contribution in [0.25, 0.3) is 0 Å². The number of nitrogens with zero attached hydrogens (tertiary/aromatic N) is 2. The first kappa shape index (κ1) is 12.6. The highest BCUT2D eigenvalue weighted by atomic mass is 16.5. The molecule has 0 aliphatic carbocycles. The Morgan fingerprint density at radius 2 is 1.94 bits per heavy atom. The second-order valence-corrected chi connectivity index (χ2v) is 4.66. The molecule has 0 fully saturated rings. The van der Waals surface area contributed by atoms with Gasteiger partial charge in [-0.2, -0.15) is 4.98 Å². The molecule has 0 aliphatic heterocycles. The van der Waals surface area contributed by atoms with Crippen molar-refractivity contribution in [2.45, 2.75) is 26.3 Å². The second-order valence-electron chi connectivity index (χ2n) is 4.66. The van der Waals surface area contributed by atoms with Gasteiger partial charge in [-0.1, -0.05) is 31.1 Å². The minimum atomic E-state index is -0.230. The summed E-state index contributed by atoms with van der Waals surface area (Å²) in [4.78, 5) is 4.28. The van der Waals surface area contributed by atoms with Gasteiger partial charge in [-0.25, -0.2) is 0 Å². The number of benzene rings is 1. The molecule has 0 amide bonds. The molecule has 1 aromatic carbocycles. The molecule has 1 aromatic heterocycles. The fraction of sp³-hybridized carbons (Fsp3) is 0.385. The third-order valence-electron chi connectivity index (χ3n) is 2.79. The molecule has 1 heterocycles. The van der Waals surface area contributed by atoms with Gasteiger partial charge in [0.1, 0.15) is 5.75 Å². The van der Waals surface area contributed by atoms with Gasteiger partial charge in [0, 0.05) is 6.42 Å². The molecule has 0 spiro atoms. The smallest absolute Gasteiger partial charge is 0.243 e. The number of phenolic OH excluding ortho intramolecular Hbond substituents is 1. The van der Waals surface area contributed by atoms with Crippen molar-refractivity contribution >= 4 is 0 Å². The fourth-order valence-electron chi connectivity index (χ4n) is 1.56. The highest BCUT2D eigenvalue weighted by molar-refractivity contribution is 5.27. The molecule has 3 N–H and O–H groups in total. The molecule has 96 valence electrons. The van der Waals surface area contributed by atoms with E-state index in [1.54, 1.807) is 12.1 Å². The van der Waals surface area contributed by atoms with Gasteiger partial charge in [0.25, 0.3) is 0 Å². The van der Waals surface area contributed by atoms with Gasteiger partial charge >= 0.3 is 0 Å². The van der Waals surface area contributed by atoms with Gasteiger partial charge < -0.3 is 15.4 Å². The Hall–Kier alpha value is -1.88. The van der Waals surface area contributed by atoms with E-state index in [4.69, 9.17) is 10.3 Å². The summed E-state index contributed by atoms with van der Waals surface area (Å²) in [5.74, 6) is 1.58. The summed E-state index contributed by atoms with van der Waals surface area (Å²) in [6, 6.07) is 6.69. The topological polar surface area (TPSA) is 85.2 Å².